The van der Waals surface area contributed by atoms with Crippen LogP contribution < -0.4 is 10.1 Å². The van der Waals surface area contributed by atoms with Crippen LogP contribution in [0.15, 0.2) is 89.4 Å². The van der Waals surface area contributed by atoms with Crippen LogP contribution in [0.4, 0.5) is 10.5 Å². The van der Waals surface area contributed by atoms with Gasteiger partial charge in [-0.1, -0.05) is 52.3 Å². The Labute approximate surface area is 230 Å². The lowest BCUT2D eigenvalue weighted by atomic mass is 10.1. The third-order valence-electron chi connectivity index (χ3n) is 6.79. The molecule has 0 unspecified atom stereocenters. The predicted octanol–water partition coefficient (Wildman–Crippen LogP) is 6.21. The number of ether oxygens (including phenoxy) is 1. The largest absolute Gasteiger partial charge is 0.497 e. The van der Waals surface area contributed by atoms with Gasteiger partial charge in [-0.3, -0.25) is 4.79 Å². The molecule has 1 aromatic heterocycles. The number of halogens is 1. The van der Waals surface area contributed by atoms with E-state index in [4.69, 9.17) is 4.74 Å². The zero-order chi connectivity index (χ0) is 26.6. The van der Waals surface area contributed by atoms with Crippen LogP contribution >= 0.6 is 15.9 Å². The second kappa shape index (κ2) is 11.1. The zero-order valence-electron chi connectivity index (χ0n) is 21.4. The van der Waals surface area contributed by atoms with E-state index in [1.54, 1.807) is 12.0 Å². The minimum atomic E-state index is -0.165. The van der Waals surface area contributed by atoms with Crippen molar-refractivity contribution in [1.82, 2.24) is 14.4 Å². The molecule has 1 N–H and O–H groups in total. The fourth-order valence-corrected chi connectivity index (χ4v) is 5.18. The van der Waals surface area contributed by atoms with Gasteiger partial charge in [0.25, 0.3) is 5.91 Å². The number of aromatic nitrogens is 1. The summed E-state index contributed by atoms with van der Waals surface area (Å²) in [5.74, 6) is 0.722. The smallest absolute Gasteiger partial charge is 0.321 e. The molecule has 194 valence electrons. The maximum absolute atomic E-state index is 13.7. The van der Waals surface area contributed by atoms with Crippen LogP contribution in [0, 0.1) is 6.92 Å². The minimum Gasteiger partial charge on any atom is -0.497 e. The molecule has 1 aliphatic rings. The van der Waals surface area contributed by atoms with E-state index >= 15 is 0 Å². The predicted molar refractivity (Wildman–Crippen MR) is 153 cm³/mol. The summed E-state index contributed by atoms with van der Waals surface area (Å²) < 4.78 is 8.46. The molecule has 2 heterocycles. The number of carbonyl (C=O) groups excluding carboxylic acids is 2. The van der Waals surface area contributed by atoms with Crippen molar-refractivity contribution in [3.63, 3.8) is 0 Å². The number of benzene rings is 3. The van der Waals surface area contributed by atoms with Crippen molar-refractivity contribution in [3.05, 3.63) is 101 Å². The highest BCUT2D eigenvalue weighted by Gasteiger charge is 2.28. The third-order valence-corrected chi connectivity index (χ3v) is 7.28. The molecule has 0 saturated carbocycles. The van der Waals surface area contributed by atoms with Gasteiger partial charge in [-0.15, -0.1) is 0 Å². The number of nitrogens with zero attached hydrogens (tertiary/aromatic N) is 3. The molecule has 0 atom stereocenters. The molecule has 8 heteroatoms. The number of urea groups is 1. The van der Waals surface area contributed by atoms with E-state index in [2.05, 4.69) is 25.8 Å². The van der Waals surface area contributed by atoms with Gasteiger partial charge in [0.1, 0.15) is 5.75 Å². The van der Waals surface area contributed by atoms with Crippen LogP contribution in [0.3, 0.4) is 0 Å². The number of methoxy groups -OCH3 is 1. The van der Waals surface area contributed by atoms with E-state index in [0.29, 0.717) is 31.7 Å². The van der Waals surface area contributed by atoms with Gasteiger partial charge in [0.2, 0.25) is 0 Å². The fourth-order valence-electron chi connectivity index (χ4n) is 4.78. The molecular formula is C30H29BrN4O3. The van der Waals surface area contributed by atoms with Crippen LogP contribution in [-0.4, -0.2) is 59.6 Å². The summed E-state index contributed by atoms with van der Waals surface area (Å²) in [4.78, 5) is 30.1. The first-order chi connectivity index (χ1) is 18.4. The Kier molecular flexibility index (Phi) is 7.51. The second-order valence-corrected chi connectivity index (χ2v) is 10.1. The summed E-state index contributed by atoms with van der Waals surface area (Å²) in [5.41, 5.74) is 5.11. The zero-order valence-corrected chi connectivity index (χ0v) is 22.9. The number of hydrogen-bond donors (Lipinski definition) is 1. The molecule has 7 nitrogen and oxygen atoms in total. The minimum absolute atomic E-state index is 0.0339. The van der Waals surface area contributed by atoms with Gasteiger partial charge in [0, 0.05) is 53.3 Å². The standard InChI is InChI=1S/C30H29BrN4O3/c1-21-27(20-28(22-8-6-13-26(18-22)38-2)35(21)25-11-4-3-5-12-25)29(36)33-14-16-34(17-15-33)30(37)32-24-10-7-9-23(31)19-24/h3-13,18-20H,14-17H2,1-2H3,(H,32,37). The first-order valence-corrected chi connectivity index (χ1v) is 13.3. The molecule has 3 amide bonds. The van der Waals surface area contributed by atoms with Crippen molar-refractivity contribution >= 4 is 33.6 Å². The lowest BCUT2D eigenvalue weighted by Crippen LogP contribution is -2.51. The molecule has 1 aliphatic heterocycles. The first-order valence-electron chi connectivity index (χ1n) is 12.5. The van der Waals surface area contributed by atoms with Crippen molar-refractivity contribution in [2.75, 3.05) is 38.6 Å². The van der Waals surface area contributed by atoms with E-state index in [-0.39, 0.29) is 11.9 Å². The molecule has 5 rings (SSSR count). The van der Waals surface area contributed by atoms with Gasteiger partial charge in [0.15, 0.2) is 0 Å². The van der Waals surface area contributed by atoms with Gasteiger partial charge in [-0.2, -0.15) is 0 Å². The van der Waals surface area contributed by atoms with E-state index in [1.807, 2.05) is 96.8 Å². The number of piperazine rings is 1. The van der Waals surface area contributed by atoms with E-state index in [0.717, 1.165) is 38.5 Å². The van der Waals surface area contributed by atoms with E-state index in [9.17, 15) is 9.59 Å². The van der Waals surface area contributed by atoms with Crippen LogP contribution in [0.5, 0.6) is 5.75 Å². The maximum Gasteiger partial charge on any atom is 0.321 e. The highest BCUT2D eigenvalue weighted by atomic mass is 79.9. The normalized spacial score (nSPS) is 13.3. The van der Waals surface area contributed by atoms with Crippen LogP contribution in [0.1, 0.15) is 16.1 Å². The summed E-state index contributed by atoms with van der Waals surface area (Å²) in [6, 6.07) is 27.2. The summed E-state index contributed by atoms with van der Waals surface area (Å²) in [6.45, 7) is 3.84. The average Bonchev–Trinajstić information content (AvgIpc) is 3.30. The quantitative estimate of drug-likeness (QED) is 0.309. The molecule has 38 heavy (non-hydrogen) atoms. The highest BCUT2D eigenvalue weighted by Crippen LogP contribution is 2.32. The molecule has 0 aliphatic carbocycles. The van der Waals surface area contributed by atoms with E-state index in [1.165, 1.54) is 0 Å². The second-order valence-electron chi connectivity index (χ2n) is 9.15. The Morgan fingerprint density at radius 2 is 1.55 bits per heavy atom. The Morgan fingerprint density at radius 3 is 2.26 bits per heavy atom. The van der Waals surface area contributed by atoms with Gasteiger partial charge in [0.05, 0.1) is 18.4 Å². The van der Waals surface area contributed by atoms with E-state index < -0.39 is 0 Å². The number of para-hydroxylation sites is 1. The molecule has 0 bridgehead atoms. The Balaban J connectivity index is 1.37. The molecule has 0 spiro atoms. The first kappa shape index (κ1) is 25.6. The Bertz CT molecular complexity index is 1460. The molecule has 0 radical (unpaired) electrons. The van der Waals surface area contributed by atoms with Crippen molar-refractivity contribution in [2.45, 2.75) is 6.92 Å². The van der Waals surface area contributed by atoms with Crippen molar-refractivity contribution in [3.8, 4) is 22.7 Å². The maximum atomic E-state index is 13.7. The Hall–Kier alpha value is -4.04. The summed E-state index contributed by atoms with van der Waals surface area (Å²) in [7, 11) is 1.65. The van der Waals surface area contributed by atoms with Crippen molar-refractivity contribution in [2.24, 2.45) is 0 Å². The molecular weight excluding hydrogens is 544 g/mol. The summed E-state index contributed by atoms with van der Waals surface area (Å²) in [5, 5.41) is 2.93. The monoisotopic (exact) mass is 572 g/mol. The lowest BCUT2D eigenvalue weighted by Gasteiger charge is -2.34. The number of carbonyl (C=O) groups is 2. The van der Waals surface area contributed by atoms with Gasteiger partial charge >= 0.3 is 6.03 Å². The number of amides is 3. The molecule has 4 aromatic rings. The lowest BCUT2D eigenvalue weighted by molar-refractivity contribution is 0.0671. The molecule has 1 saturated heterocycles. The van der Waals surface area contributed by atoms with Crippen molar-refractivity contribution < 1.29 is 14.3 Å². The fraction of sp³-hybridized carbons (Fsp3) is 0.200. The van der Waals surface area contributed by atoms with Crippen LogP contribution in [-0.2, 0) is 0 Å². The molecule has 1 fully saturated rings. The number of hydrogen-bond acceptors (Lipinski definition) is 3. The van der Waals surface area contributed by atoms with Crippen LogP contribution in [0.25, 0.3) is 16.9 Å². The average molecular weight is 573 g/mol. The topological polar surface area (TPSA) is 66.8 Å². The van der Waals surface area contributed by atoms with Crippen LogP contribution in [0.2, 0.25) is 0 Å². The third kappa shape index (κ3) is 5.31. The SMILES string of the molecule is COc1cccc(-c2cc(C(=O)N3CCN(C(=O)Nc4cccc(Br)c4)CC3)c(C)n2-c2ccccc2)c1. The molecule has 3 aromatic carbocycles. The summed E-state index contributed by atoms with van der Waals surface area (Å²) >= 11 is 3.43. The van der Waals surface area contributed by atoms with Gasteiger partial charge in [-0.25, -0.2) is 4.79 Å². The van der Waals surface area contributed by atoms with Gasteiger partial charge in [-0.05, 0) is 55.5 Å². The highest BCUT2D eigenvalue weighted by molar-refractivity contribution is 9.10. The number of rotatable bonds is 5. The van der Waals surface area contributed by atoms with Crippen molar-refractivity contribution in [1.29, 1.82) is 0 Å². The summed E-state index contributed by atoms with van der Waals surface area (Å²) in [6.07, 6.45) is 0. The number of nitrogens with one attached hydrogen (secondary N) is 1. The Morgan fingerprint density at radius 1 is 0.842 bits per heavy atom. The number of anilines is 1. The van der Waals surface area contributed by atoms with Gasteiger partial charge < -0.3 is 24.4 Å².